The summed E-state index contributed by atoms with van der Waals surface area (Å²) in [5.74, 6) is -0.913. The molecule has 6 nitrogen and oxygen atoms in total. The van der Waals surface area contributed by atoms with E-state index in [0.29, 0.717) is 22.8 Å². The van der Waals surface area contributed by atoms with E-state index in [-0.39, 0.29) is 18.0 Å². The molecule has 4 rings (SSSR count). The van der Waals surface area contributed by atoms with Gasteiger partial charge >= 0.3 is 6.18 Å². The zero-order valence-corrected chi connectivity index (χ0v) is 18.0. The molecule has 1 saturated heterocycles. The van der Waals surface area contributed by atoms with Gasteiger partial charge in [0, 0.05) is 29.9 Å². The second-order valence-electron chi connectivity index (χ2n) is 7.46. The third kappa shape index (κ3) is 4.64. The van der Waals surface area contributed by atoms with Crippen LogP contribution in [0.15, 0.2) is 48.5 Å². The fourth-order valence-electron chi connectivity index (χ4n) is 3.61. The number of nitrogens with one attached hydrogen (secondary N) is 2. The molecule has 168 valence electrons. The molecule has 2 aromatic carbocycles. The highest BCUT2D eigenvalue weighted by Gasteiger charge is 2.42. The van der Waals surface area contributed by atoms with E-state index in [2.05, 4.69) is 15.7 Å². The number of hydrogen-bond acceptors (Lipinski definition) is 4. The largest absolute Gasteiger partial charge is 0.420 e. The fourth-order valence-corrected chi connectivity index (χ4v) is 3.83. The number of aryl methyl sites for hydroxylation is 2. The summed E-state index contributed by atoms with van der Waals surface area (Å²) in [5, 5.41) is 9.96. The minimum atomic E-state index is -4.70. The summed E-state index contributed by atoms with van der Waals surface area (Å²) in [7, 11) is 1.30. The maximum Gasteiger partial charge on any atom is 0.420 e. The Hall–Kier alpha value is -2.88. The van der Waals surface area contributed by atoms with Gasteiger partial charge in [-0.15, -0.1) is 0 Å². The lowest BCUT2D eigenvalue weighted by Crippen LogP contribution is -2.21. The Morgan fingerprint density at radius 2 is 1.94 bits per heavy atom. The standard InChI is InChI=1S/C22H20ClF3N4O2/c1-12-17(22(24,25)26)18(30(2)29-12)20(31)28-14-8-9-16(23)15(10-14)19-21(32-19)27-11-13-6-4-3-5-7-13/h3-10,19,21,27H,11H2,1-2H3,(H,28,31). The summed E-state index contributed by atoms with van der Waals surface area (Å²) in [6.07, 6.45) is -5.28. The highest BCUT2D eigenvalue weighted by atomic mass is 35.5. The third-order valence-electron chi connectivity index (χ3n) is 5.12. The number of anilines is 1. The Labute approximate surface area is 187 Å². The molecule has 0 aliphatic carbocycles. The second kappa shape index (κ2) is 8.57. The predicted molar refractivity (Wildman–Crippen MR) is 113 cm³/mol. The van der Waals surface area contributed by atoms with E-state index < -0.39 is 23.3 Å². The molecule has 1 fully saturated rings. The molecule has 0 radical (unpaired) electrons. The molecule has 32 heavy (non-hydrogen) atoms. The van der Waals surface area contributed by atoms with Crippen LogP contribution >= 0.6 is 11.6 Å². The molecular weight excluding hydrogens is 445 g/mol. The van der Waals surface area contributed by atoms with E-state index in [9.17, 15) is 18.0 Å². The lowest BCUT2D eigenvalue weighted by molar-refractivity contribution is -0.138. The number of aromatic nitrogens is 2. The van der Waals surface area contributed by atoms with Gasteiger partial charge in [0.1, 0.15) is 23.6 Å². The van der Waals surface area contributed by atoms with E-state index in [1.165, 1.54) is 20.0 Å². The average Bonchev–Trinajstić information content (AvgIpc) is 3.43. The van der Waals surface area contributed by atoms with Crippen LogP contribution in [0.2, 0.25) is 5.02 Å². The number of nitrogens with zero attached hydrogens (tertiary/aromatic N) is 2. The first-order chi connectivity index (χ1) is 15.1. The van der Waals surface area contributed by atoms with Crippen molar-refractivity contribution in [2.45, 2.75) is 32.0 Å². The number of ether oxygens (including phenoxy) is 1. The van der Waals surface area contributed by atoms with Crippen LogP contribution in [-0.4, -0.2) is 21.9 Å². The highest BCUT2D eigenvalue weighted by molar-refractivity contribution is 6.31. The number of halogens is 4. The van der Waals surface area contributed by atoms with E-state index in [1.807, 2.05) is 30.3 Å². The molecule has 1 aliphatic rings. The first kappa shape index (κ1) is 22.3. The van der Waals surface area contributed by atoms with Crippen molar-refractivity contribution in [2.24, 2.45) is 7.05 Å². The van der Waals surface area contributed by atoms with E-state index in [1.54, 1.807) is 12.1 Å². The summed E-state index contributed by atoms with van der Waals surface area (Å²) in [6, 6.07) is 14.5. The number of carbonyl (C=O) groups is 1. The van der Waals surface area contributed by atoms with Gasteiger partial charge in [0.25, 0.3) is 5.91 Å². The topological polar surface area (TPSA) is 71.5 Å². The maximum absolute atomic E-state index is 13.4. The molecule has 2 atom stereocenters. The Bertz CT molecular complexity index is 1150. The zero-order chi connectivity index (χ0) is 23.0. The van der Waals surface area contributed by atoms with Crippen LogP contribution in [0.5, 0.6) is 0 Å². The Morgan fingerprint density at radius 3 is 2.62 bits per heavy atom. The smallest absolute Gasteiger partial charge is 0.348 e. The van der Waals surface area contributed by atoms with Crippen molar-refractivity contribution in [3.05, 3.63) is 81.6 Å². The van der Waals surface area contributed by atoms with Crippen LogP contribution in [0.3, 0.4) is 0 Å². The van der Waals surface area contributed by atoms with Crippen LogP contribution in [-0.2, 0) is 24.5 Å². The number of rotatable bonds is 6. The van der Waals surface area contributed by atoms with Gasteiger partial charge in [0.2, 0.25) is 0 Å². The lowest BCUT2D eigenvalue weighted by Gasteiger charge is -2.11. The minimum absolute atomic E-state index is 0.254. The van der Waals surface area contributed by atoms with Gasteiger partial charge in [-0.3, -0.25) is 14.8 Å². The van der Waals surface area contributed by atoms with Crippen molar-refractivity contribution in [2.75, 3.05) is 5.32 Å². The average molecular weight is 465 g/mol. The van der Waals surface area contributed by atoms with Crippen molar-refractivity contribution >= 4 is 23.2 Å². The van der Waals surface area contributed by atoms with E-state index >= 15 is 0 Å². The van der Waals surface area contributed by atoms with Gasteiger partial charge in [0.05, 0.1) is 5.69 Å². The fraction of sp³-hybridized carbons (Fsp3) is 0.273. The number of alkyl halides is 3. The molecule has 1 amide bonds. The van der Waals surface area contributed by atoms with Gasteiger partial charge in [0.15, 0.2) is 0 Å². The van der Waals surface area contributed by atoms with Gasteiger partial charge in [-0.25, -0.2) is 0 Å². The summed E-state index contributed by atoms with van der Waals surface area (Å²) < 4.78 is 46.8. The van der Waals surface area contributed by atoms with Crippen LogP contribution in [0.1, 0.15) is 39.0 Å². The van der Waals surface area contributed by atoms with Crippen LogP contribution in [0, 0.1) is 6.92 Å². The van der Waals surface area contributed by atoms with Gasteiger partial charge in [-0.05, 0) is 30.7 Å². The van der Waals surface area contributed by atoms with Gasteiger partial charge < -0.3 is 10.1 Å². The third-order valence-corrected chi connectivity index (χ3v) is 5.47. The molecule has 0 spiro atoms. The minimum Gasteiger partial charge on any atom is -0.348 e. The number of hydrogen-bond donors (Lipinski definition) is 2. The van der Waals surface area contributed by atoms with Crippen molar-refractivity contribution in [1.29, 1.82) is 0 Å². The monoisotopic (exact) mass is 464 g/mol. The second-order valence-corrected chi connectivity index (χ2v) is 7.87. The Balaban J connectivity index is 1.48. The molecule has 2 N–H and O–H groups in total. The van der Waals surface area contributed by atoms with Crippen LogP contribution in [0.25, 0.3) is 0 Å². The summed E-state index contributed by atoms with van der Waals surface area (Å²) >= 11 is 6.30. The first-order valence-electron chi connectivity index (χ1n) is 9.79. The van der Waals surface area contributed by atoms with Crippen LogP contribution < -0.4 is 10.6 Å². The molecule has 2 heterocycles. The molecule has 0 bridgehead atoms. The van der Waals surface area contributed by atoms with Crippen molar-refractivity contribution in [3.8, 4) is 0 Å². The Morgan fingerprint density at radius 1 is 1.22 bits per heavy atom. The lowest BCUT2D eigenvalue weighted by atomic mass is 10.1. The highest BCUT2D eigenvalue weighted by Crippen LogP contribution is 2.42. The number of amides is 1. The molecule has 3 aromatic rings. The molecule has 0 saturated carbocycles. The zero-order valence-electron chi connectivity index (χ0n) is 17.2. The Kier molecular flexibility index (Phi) is 5.98. The molecule has 10 heteroatoms. The molecule has 2 unspecified atom stereocenters. The van der Waals surface area contributed by atoms with Crippen molar-refractivity contribution < 1.29 is 22.7 Å². The van der Waals surface area contributed by atoms with Crippen LogP contribution in [0.4, 0.5) is 18.9 Å². The SMILES string of the molecule is Cc1nn(C)c(C(=O)Nc2ccc(Cl)c(C3OC3NCc3ccccc3)c2)c1C(F)(F)F. The van der Waals surface area contributed by atoms with Gasteiger partial charge in [-0.1, -0.05) is 41.9 Å². The first-order valence-corrected chi connectivity index (χ1v) is 10.2. The predicted octanol–water partition coefficient (Wildman–Crippen LogP) is 4.84. The summed E-state index contributed by atoms with van der Waals surface area (Å²) in [4.78, 5) is 12.7. The number of benzene rings is 2. The van der Waals surface area contributed by atoms with Gasteiger partial charge in [-0.2, -0.15) is 18.3 Å². The quantitative estimate of drug-likeness (QED) is 0.512. The van der Waals surface area contributed by atoms with E-state index in [4.69, 9.17) is 16.3 Å². The summed E-state index contributed by atoms with van der Waals surface area (Å²) in [6.45, 7) is 1.82. The van der Waals surface area contributed by atoms with Crippen molar-refractivity contribution in [3.63, 3.8) is 0 Å². The molecule has 1 aromatic heterocycles. The molecular formula is C22H20ClF3N4O2. The number of epoxide rings is 1. The normalized spacial score (nSPS) is 17.9. The summed E-state index contributed by atoms with van der Waals surface area (Å²) in [5.41, 5.74) is 0.159. The number of carbonyl (C=O) groups excluding carboxylic acids is 1. The van der Waals surface area contributed by atoms with Crippen molar-refractivity contribution in [1.82, 2.24) is 15.1 Å². The molecule has 1 aliphatic heterocycles. The maximum atomic E-state index is 13.4. The van der Waals surface area contributed by atoms with E-state index in [0.717, 1.165) is 10.2 Å².